The van der Waals surface area contributed by atoms with Crippen LogP contribution in [0.1, 0.15) is 40.5 Å². The Morgan fingerprint density at radius 2 is 1.97 bits per heavy atom. The molecule has 0 saturated heterocycles. The van der Waals surface area contributed by atoms with Gasteiger partial charge >= 0.3 is 0 Å². The minimum absolute atomic E-state index is 0.142. The Hall–Kier alpha value is -1.50. The van der Waals surface area contributed by atoms with E-state index < -0.39 is 0 Å². The molecule has 0 aliphatic heterocycles. The maximum absolute atomic E-state index is 9.92. The molecule has 0 radical (unpaired) electrons. The van der Waals surface area contributed by atoms with Gasteiger partial charge in [0.2, 0.25) is 0 Å². The molecule has 1 aliphatic carbocycles. The molecule has 5 heteroatoms. The largest absolute Gasteiger partial charge is 0.192 e. The summed E-state index contributed by atoms with van der Waals surface area (Å²) < 4.78 is 4.51. The number of nitriles is 1. The van der Waals surface area contributed by atoms with Crippen LogP contribution in [0.4, 0.5) is 0 Å². The normalized spacial score (nSPS) is 16.6. The molecule has 2 aromatic carbocycles. The molecule has 0 fully saturated rings. The van der Waals surface area contributed by atoms with E-state index in [1.807, 2.05) is 36.4 Å². The van der Waals surface area contributed by atoms with Crippen molar-refractivity contribution in [2.24, 2.45) is 0 Å². The number of aromatic nitrogens is 1. The standard InChI is InChI=1S/C24H18I2N2S/c1-3-16-9-11-21-18(13-16)10-12-20(24(21,25)26)15(2)23-19(14-27)22(28-29-23)17-7-5-4-6-8-17/h3-9,11,13H,1,10,12H2,2H3/b20-15+. The summed E-state index contributed by atoms with van der Waals surface area (Å²) >= 11 is 6.55. The fraction of sp³-hybridized carbons (Fsp3) is 0.167. The van der Waals surface area contributed by atoms with Crippen molar-refractivity contribution in [1.82, 2.24) is 4.37 Å². The lowest BCUT2D eigenvalue weighted by Gasteiger charge is -2.34. The first-order valence-electron chi connectivity index (χ1n) is 9.26. The Morgan fingerprint density at radius 3 is 2.66 bits per heavy atom. The Kier molecular flexibility index (Phi) is 5.96. The van der Waals surface area contributed by atoms with E-state index in [9.17, 15) is 5.26 Å². The molecule has 29 heavy (non-hydrogen) atoms. The fourth-order valence-corrected chi connectivity index (χ4v) is 7.11. The van der Waals surface area contributed by atoms with Gasteiger partial charge in [0.05, 0.1) is 10.4 Å². The second-order valence-electron chi connectivity index (χ2n) is 7.01. The van der Waals surface area contributed by atoms with E-state index in [2.05, 4.69) is 87.3 Å². The van der Waals surface area contributed by atoms with E-state index >= 15 is 0 Å². The van der Waals surface area contributed by atoms with Gasteiger partial charge in [-0.1, -0.05) is 106 Å². The number of nitrogens with zero attached hydrogens (tertiary/aromatic N) is 2. The molecule has 0 spiro atoms. The first-order chi connectivity index (χ1) is 14.0. The lowest BCUT2D eigenvalue weighted by atomic mass is 9.84. The van der Waals surface area contributed by atoms with Crippen molar-refractivity contribution in [1.29, 1.82) is 5.26 Å². The third kappa shape index (κ3) is 3.71. The van der Waals surface area contributed by atoms with Gasteiger partial charge in [-0.05, 0) is 59.1 Å². The fourth-order valence-electron chi connectivity index (χ4n) is 3.84. The van der Waals surface area contributed by atoms with Crippen molar-refractivity contribution in [2.45, 2.75) is 21.2 Å². The molecule has 0 saturated carbocycles. The number of benzene rings is 2. The molecule has 1 aromatic heterocycles. The maximum Gasteiger partial charge on any atom is 0.120 e. The number of allylic oxidation sites excluding steroid dienone is 2. The molecule has 1 aliphatic rings. The van der Waals surface area contributed by atoms with E-state index in [4.69, 9.17) is 0 Å². The molecule has 144 valence electrons. The van der Waals surface area contributed by atoms with Crippen molar-refractivity contribution in [3.05, 3.63) is 87.8 Å². The van der Waals surface area contributed by atoms with Crippen LogP contribution in [0.15, 0.2) is 60.7 Å². The summed E-state index contributed by atoms with van der Waals surface area (Å²) in [7, 11) is 0. The minimum Gasteiger partial charge on any atom is -0.192 e. The van der Waals surface area contributed by atoms with E-state index in [0.29, 0.717) is 5.56 Å². The zero-order valence-electron chi connectivity index (χ0n) is 15.9. The first-order valence-corrected chi connectivity index (χ1v) is 12.2. The highest BCUT2D eigenvalue weighted by Crippen LogP contribution is 2.54. The van der Waals surface area contributed by atoms with Gasteiger partial charge in [0.1, 0.15) is 13.2 Å². The zero-order chi connectivity index (χ0) is 20.6. The summed E-state index contributed by atoms with van der Waals surface area (Å²) in [5.41, 5.74) is 8.91. The zero-order valence-corrected chi connectivity index (χ0v) is 21.0. The number of alkyl halides is 2. The third-order valence-corrected chi connectivity index (χ3v) is 8.80. The highest BCUT2D eigenvalue weighted by atomic mass is 127. The Labute approximate surface area is 202 Å². The van der Waals surface area contributed by atoms with Gasteiger partial charge < -0.3 is 0 Å². The number of rotatable bonds is 3. The minimum atomic E-state index is -0.142. The maximum atomic E-state index is 9.92. The summed E-state index contributed by atoms with van der Waals surface area (Å²) in [6, 6.07) is 19.0. The summed E-state index contributed by atoms with van der Waals surface area (Å²) in [4.78, 5) is 0.991. The van der Waals surface area contributed by atoms with Gasteiger partial charge in [-0.2, -0.15) is 9.64 Å². The topological polar surface area (TPSA) is 36.7 Å². The first kappa shape index (κ1) is 20.8. The molecule has 0 bridgehead atoms. The van der Waals surface area contributed by atoms with Crippen LogP contribution in [0.5, 0.6) is 0 Å². The van der Waals surface area contributed by atoms with Crippen molar-refractivity contribution in [3.8, 4) is 17.3 Å². The van der Waals surface area contributed by atoms with E-state index in [0.717, 1.165) is 29.0 Å². The molecular formula is C24H18I2N2S. The molecule has 3 aromatic rings. The van der Waals surface area contributed by atoms with Crippen molar-refractivity contribution in [2.75, 3.05) is 0 Å². The van der Waals surface area contributed by atoms with Crippen molar-refractivity contribution >= 4 is 68.4 Å². The van der Waals surface area contributed by atoms with Gasteiger partial charge in [-0.15, -0.1) is 0 Å². The summed E-state index contributed by atoms with van der Waals surface area (Å²) in [5.74, 6) is 0. The molecule has 0 atom stereocenters. The molecule has 1 heterocycles. The van der Waals surface area contributed by atoms with Crippen LogP contribution in [-0.4, -0.2) is 4.37 Å². The number of hydrogen-bond acceptors (Lipinski definition) is 3. The summed E-state index contributed by atoms with van der Waals surface area (Å²) in [5, 5.41) is 9.92. The third-order valence-electron chi connectivity index (χ3n) is 5.37. The van der Waals surface area contributed by atoms with Crippen molar-refractivity contribution in [3.63, 3.8) is 0 Å². The number of hydrogen-bond donors (Lipinski definition) is 0. The van der Waals surface area contributed by atoms with Crippen LogP contribution in [-0.2, 0) is 7.85 Å². The van der Waals surface area contributed by atoms with Gasteiger partial charge in [0, 0.05) is 5.56 Å². The average molecular weight is 620 g/mol. The number of aryl methyl sites for hydroxylation is 1. The monoisotopic (exact) mass is 620 g/mol. The lowest BCUT2D eigenvalue weighted by Crippen LogP contribution is -2.22. The summed E-state index contributed by atoms with van der Waals surface area (Å²) in [6.45, 7) is 6.04. The Bertz CT molecular complexity index is 1170. The number of halogens is 2. The van der Waals surface area contributed by atoms with Gasteiger partial charge in [-0.3, -0.25) is 0 Å². The summed E-state index contributed by atoms with van der Waals surface area (Å²) in [6.07, 6.45) is 3.89. The van der Waals surface area contributed by atoms with E-state index in [1.165, 1.54) is 39.4 Å². The Balaban J connectivity index is 1.83. The second-order valence-corrected chi connectivity index (χ2v) is 13.1. The van der Waals surface area contributed by atoms with Crippen LogP contribution >= 0.6 is 56.7 Å². The molecular weight excluding hydrogens is 602 g/mol. The predicted octanol–water partition coefficient (Wildman–Crippen LogP) is 7.77. The average Bonchev–Trinajstić information content (AvgIpc) is 3.17. The molecule has 4 rings (SSSR count). The van der Waals surface area contributed by atoms with Crippen LogP contribution < -0.4 is 0 Å². The van der Waals surface area contributed by atoms with Gasteiger partial charge in [0.15, 0.2) is 0 Å². The Morgan fingerprint density at radius 1 is 1.21 bits per heavy atom. The van der Waals surface area contributed by atoms with Gasteiger partial charge in [0.25, 0.3) is 0 Å². The quantitative estimate of drug-likeness (QED) is 0.222. The molecule has 2 nitrogen and oxygen atoms in total. The lowest BCUT2D eigenvalue weighted by molar-refractivity contribution is 0.828. The van der Waals surface area contributed by atoms with E-state index in [1.54, 1.807) is 0 Å². The second kappa shape index (κ2) is 8.32. The van der Waals surface area contributed by atoms with Crippen LogP contribution in [0, 0.1) is 11.3 Å². The number of fused-ring (bicyclic) bond motifs is 1. The smallest absolute Gasteiger partial charge is 0.120 e. The van der Waals surface area contributed by atoms with E-state index in [-0.39, 0.29) is 1.43 Å². The van der Waals surface area contributed by atoms with Crippen molar-refractivity contribution < 1.29 is 0 Å². The van der Waals surface area contributed by atoms with Gasteiger partial charge in [-0.25, -0.2) is 0 Å². The molecule has 0 N–H and O–H groups in total. The van der Waals surface area contributed by atoms with Crippen LogP contribution in [0.2, 0.25) is 0 Å². The van der Waals surface area contributed by atoms with Crippen LogP contribution in [0.3, 0.4) is 0 Å². The molecule has 0 amide bonds. The predicted molar refractivity (Wildman–Crippen MR) is 139 cm³/mol. The van der Waals surface area contributed by atoms with Crippen LogP contribution in [0.25, 0.3) is 22.9 Å². The SMILES string of the molecule is C=Cc1ccc2c(c1)CC/C(=C(/C)c1snc(-c3ccccc3)c1C#N)C2(I)I. The highest BCUT2D eigenvalue weighted by Gasteiger charge is 2.37. The molecule has 0 unspecified atom stereocenters. The highest BCUT2D eigenvalue weighted by molar-refractivity contribution is 14.2.